The van der Waals surface area contributed by atoms with Gasteiger partial charge in [-0.25, -0.2) is 0 Å². The highest BCUT2D eigenvalue weighted by atomic mass is 16.2. The van der Waals surface area contributed by atoms with Gasteiger partial charge in [-0.1, -0.05) is 53.2 Å². The highest BCUT2D eigenvalue weighted by molar-refractivity contribution is 6.68. The van der Waals surface area contributed by atoms with Crippen molar-refractivity contribution in [3.63, 3.8) is 0 Å². The first-order valence-electron chi connectivity index (χ1n) is 17.7. The molecule has 4 amide bonds. The summed E-state index contributed by atoms with van der Waals surface area (Å²) in [6.45, 7) is 0.698. The van der Waals surface area contributed by atoms with Gasteiger partial charge in [-0.15, -0.1) is 16.4 Å². The topological polar surface area (TPSA) is 244 Å². The van der Waals surface area contributed by atoms with Crippen molar-refractivity contribution < 1.29 is 19.2 Å². The average Bonchev–Trinajstić information content (AvgIpc) is 3.06. The van der Waals surface area contributed by atoms with E-state index in [2.05, 4.69) is 29.1 Å². The van der Waals surface area contributed by atoms with Crippen LogP contribution in [-0.2, 0) is 30.8 Å². The van der Waals surface area contributed by atoms with E-state index in [0.29, 0.717) is 25.8 Å². The second-order valence-corrected chi connectivity index (χ2v) is 14.4. The van der Waals surface area contributed by atoms with E-state index >= 15 is 0 Å². The summed E-state index contributed by atoms with van der Waals surface area (Å²) in [5.74, 6) is -2.66. The fourth-order valence-corrected chi connectivity index (χ4v) is 6.68. The molecule has 0 bridgehead atoms. The first kappa shape index (κ1) is 43.2. The van der Waals surface area contributed by atoms with Gasteiger partial charge in [-0.05, 0) is 49.4 Å². The van der Waals surface area contributed by atoms with E-state index in [1.165, 1.54) is 0 Å². The van der Waals surface area contributed by atoms with E-state index in [1.807, 2.05) is 77.4 Å². The monoisotopic (exact) mass is 691 g/mol. The lowest BCUT2D eigenvalue weighted by atomic mass is 9.42. The maximum Gasteiger partial charge on any atom is 0.243 e. The van der Waals surface area contributed by atoms with Crippen LogP contribution in [0, 0.1) is 5.41 Å². The molecule has 21 heteroatoms. The van der Waals surface area contributed by atoms with Gasteiger partial charge in [0.2, 0.25) is 23.6 Å². The van der Waals surface area contributed by atoms with Crippen molar-refractivity contribution in [2.24, 2.45) is 22.9 Å². The maximum atomic E-state index is 14.5. The van der Waals surface area contributed by atoms with Gasteiger partial charge >= 0.3 is 0 Å². The minimum Gasteiger partial charge on any atom is -0.370 e. The summed E-state index contributed by atoms with van der Waals surface area (Å²) in [5.41, 5.74) is 28.9. The minimum absolute atomic E-state index is 0.156. The molecule has 51 heavy (non-hydrogen) atoms. The molecule has 0 unspecified atom stereocenters. The van der Waals surface area contributed by atoms with Gasteiger partial charge in [-0.3, -0.25) is 24.6 Å². The molecule has 13 nitrogen and oxygen atoms in total. The quantitative estimate of drug-likeness (QED) is 0.0296. The standard InChI is InChI=1S/C30H53B8N9O4/c31-18-17(19(32)21(34)22(35)20(18)33)30(37,38)23(26(50)47-29(36,27(41)51)10-4-5-11-39)46-25(49)16(9-6-12-44-28(42)43)45-24(48)15(40)13-14-7-2-1-3-8-14/h1-3,7-8,15-16,23H,4-6,9-13,31-40H2,(H2,41,51)(H,45,48)(H,46,49)(H,47,50)(H4,42,43,44)/t15-,16+,23+,29-/m0/s1. The van der Waals surface area contributed by atoms with Gasteiger partial charge < -0.3 is 44.2 Å². The summed E-state index contributed by atoms with van der Waals surface area (Å²) in [6, 6.07) is 6.07. The number of primary amides is 1. The van der Waals surface area contributed by atoms with E-state index < -0.39 is 52.4 Å². The SMILES string of the molecule is Bc1c(B)c(B)c(C(B)(B)[C@H](NC(=O)[C@@H](CCCNC(=N)N)NC(=O)[C@@H](N)Cc2ccccc2)C(=O)N[C@@](B)(CCCCN)C(N)=O)c(B)c1B. The Labute approximate surface area is 309 Å². The van der Waals surface area contributed by atoms with Crippen LogP contribution in [-0.4, -0.2) is 129 Å². The van der Waals surface area contributed by atoms with Crippen LogP contribution in [0.15, 0.2) is 30.3 Å². The Hall–Kier alpha value is -3.97. The molecule has 13 N–H and O–H groups in total. The Balaban J connectivity index is 2.60. The van der Waals surface area contributed by atoms with Crippen LogP contribution in [0.3, 0.4) is 0 Å². The van der Waals surface area contributed by atoms with Gasteiger partial charge in [0.25, 0.3) is 0 Å². The lowest BCUT2D eigenvalue weighted by molar-refractivity contribution is -0.134. The molecule has 266 valence electrons. The van der Waals surface area contributed by atoms with Crippen molar-refractivity contribution in [1.29, 1.82) is 5.41 Å². The largest absolute Gasteiger partial charge is 0.370 e. The van der Waals surface area contributed by atoms with Crippen molar-refractivity contribution in [2.45, 2.75) is 67.3 Å². The van der Waals surface area contributed by atoms with Crippen LogP contribution in [0.4, 0.5) is 0 Å². The van der Waals surface area contributed by atoms with Gasteiger partial charge in [0.1, 0.15) is 74.9 Å². The molecule has 0 aliphatic rings. The smallest absolute Gasteiger partial charge is 0.243 e. The number of hydrogen-bond acceptors (Lipinski definition) is 7. The fourth-order valence-electron chi connectivity index (χ4n) is 6.68. The Kier molecular flexibility index (Phi) is 16.1. The summed E-state index contributed by atoms with van der Waals surface area (Å²) < 4.78 is 0. The molecule has 4 atom stereocenters. The highest BCUT2D eigenvalue weighted by Crippen LogP contribution is 2.20. The maximum absolute atomic E-state index is 14.5. The highest BCUT2D eigenvalue weighted by Gasteiger charge is 2.44. The molecular weight excluding hydrogens is 637 g/mol. The van der Waals surface area contributed by atoms with Crippen LogP contribution in [0.2, 0.25) is 0 Å². The Morgan fingerprint density at radius 2 is 1.35 bits per heavy atom. The number of rotatable bonds is 19. The molecule has 0 spiro atoms. The predicted octanol–water partition coefficient (Wildman–Crippen LogP) is -12.7. The van der Waals surface area contributed by atoms with Crippen molar-refractivity contribution in [1.82, 2.24) is 21.3 Å². The Morgan fingerprint density at radius 3 is 1.88 bits per heavy atom. The van der Waals surface area contributed by atoms with Crippen LogP contribution < -0.4 is 71.5 Å². The molecule has 0 aliphatic carbocycles. The summed E-state index contributed by atoms with van der Waals surface area (Å²) in [5, 5.41) is 17.8. The number of carbonyl (C=O) groups excluding carboxylic acids is 4. The second-order valence-electron chi connectivity index (χ2n) is 14.4. The predicted molar refractivity (Wildman–Crippen MR) is 229 cm³/mol. The van der Waals surface area contributed by atoms with E-state index in [-0.39, 0.29) is 31.8 Å². The lowest BCUT2D eigenvalue weighted by Gasteiger charge is -2.41. The molecule has 0 radical (unpaired) electrons. The normalized spacial score (nSPS) is 14.2. The van der Waals surface area contributed by atoms with Crippen molar-refractivity contribution in [2.75, 3.05) is 13.1 Å². The van der Waals surface area contributed by atoms with Gasteiger partial charge in [-0.2, -0.15) is 0 Å². The van der Waals surface area contributed by atoms with Crippen molar-refractivity contribution in [3.05, 3.63) is 41.5 Å². The van der Waals surface area contributed by atoms with Gasteiger partial charge in [0.15, 0.2) is 5.96 Å². The van der Waals surface area contributed by atoms with Gasteiger partial charge in [0.05, 0.1) is 11.5 Å². The molecular formula is C30H53B8N9O4. The van der Waals surface area contributed by atoms with E-state index in [0.717, 1.165) is 38.4 Å². The fraction of sp³-hybridized carbons (Fsp3) is 0.433. The molecule has 2 aromatic rings. The van der Waals surface area contributed by atoms with Crippen LogP contribution in [0.25, 0.3) is 0 Å². The number of guanidine groups is 1. The lowest BCUT2D eigenvalue weighted by Crippen LogP contribution is -2.70. The zero-order valence-electron chi connectivity index (χ0n) is 31.7. The third-order valence-corrected chi connectivity index (χ3v) is 10.2. The van der Waals surface area contributed by atoms with E-state index in [1.54, 1.807) is 7.85 Å². The first-order valence-corrected chi connectivity index (χ1v) is 17.7. The zero-order chi connectivity index (χ0) is 38.7. The number of nitrogens with one attached hydrogen (secondary N) is 5. The summed E-state index contributed by atoms with van der Waals surface area (Å²) in [4.78, 5) is 55.0. The molecule has 2 rings (SSSR count). The van der Waals surface area contributed by atoms with Crippen LogP contribution in [0.5, 0.6) is 0 Å². The molecule has 0 saturated heterocycles. The third kappa shape index (κ3) is 11.5. The number of unbranched alkanes of at least 4 members (excludes halogenated alkanes) is 1. The summed E-state index contributed by atoms with van der Waals surface area (Å²) >= 11 is 0. The first-order chi connectivity index (χ1) is 23.8. The zero-order valence-corrected chi connectivity index (χ0v) is 31.7. The van der Waals surface area contributed by atoms with Gasteiger partial charge in [0, 0.05) is 6.54 Å². The number of amides is 4. The van der Waals surface area contributed by atoms with E-state index in [9.17, 15) is 19.2 Å². The minimum atomic E-state index is -1.41. The number of benzene rings is 2. The number of hydrogen-bond donors (Lipinski definition) is 9. The molecule has 0 fully saturated rings. The molecule has 0 saturated carbocycles. The molecule has 2 aromatic carbocycles. The Morgan fingerprint density at radius 1 is 0.784 bits per heavy atom. The Bertz CT molecular complexity index is 1560. The van der Waals surface area contributed by atoms with E-state index in [4.69, 9.17) is 28.3 Å². The van der Waals surface area contributed by atoms with Crippen molar-refractivity contribution >= 4 is 120 Å². The molecule has 0 heterocycles. The number of nitrogens with two attached hydrogens (primary N) is 4. The summed E-state index contributed by atoms with van der Waals surface area (Å²) in [6.07, 6.45) is 2.22. The average molecular weight is 690 g/mol. The second kappa shape index (κ2) is 19.0. The third-order valence-electron chi connectivity index (χ3n) is 10.2. The van der Waals surface area contributed by atoms with Crippen LogP contribution in [0.1, 0.15) is 43.2 Å². The molecule has 0 aliphatic heterocycles. The molecule has 0 aromatic heterocycles. The van der Waals surface area contributed by atoms with Crippen LogP contribution >= 0.6 is 0 Å². The van der Waals surface area contributed by atoms with Crippen molar-refractivity contribution in [3.8, 4) is 0 Å². The summed E-state index contributed by atoms with van der Waals surface area (Å²) in [7, 11) is 15.5. The number of carbonyl (C=O) groups is 4.